The highest BCUT2D eigenvalue weighted by molar-refractivity contribution is 9.10. The number of hydrogen-bond donors (Lipinski definition) is 1. The van der Waals surface area contributed by atoms with Crippen LogP contribution in [-0.4, -0.2) is 15.9 Å². The molecule has 21 heavy (non-hydrogen) atoms. The number of nitrogens with one attached hydrogen (secondary N) is 1. The van der Waals surface area contributed by atoms with Gasteiger partial charge in [0.05, 0.1) is 23.5 Å². The summed E-state index contributed by atoms with van der Waals surface area (Å²) in [5, 5.41) is 2.38. The Balaban J connectivity index is 2.31. The minimum Gasteiger partial charge on any atom is -0.305 e. The fraction of sp³-hybridized carbons (Fsp3) is 0.0833. The Morgan fingerprint density at radius 2 is 2.00 bits per heavy atom. The van der Waals surface area contributed by atoms with Crippen molar-refractivity contribution in [1.29, 1.82) is 0 Å². The minimum atomic E-state index is -4.54. The van der Waals surface area contributed by atoms with E-state index in [9.17, 15) is 18.0 Å². The lowest BCUT2D eigenvalue weighted by molar-refractivity contribution is -0.137. The number of benzene rings is 1. The van der Waals surface area contributed by atoms with Crippen molar-refractivity contribution in [3.8, 4) is 0 Å². The first-order valence-electron chi connectivity index (χ1n) is 5.43. The van der Waals surface area contributed by atoms with Crippen LogP contribution in [0.1, 0.15) is 15.9 Å². The molecular formula is C12H6BrClF3N3O. The average molecular weight is 381 g/mol. The van der Waals surface area contributed by atoms with Crippen LogP contribution in [0.2, 0.25) is 5.15 Å². The number of alkyl halides is 3. The third-order valence-corrected chi connectivity index (χ3v) is 3.26. The van der Waals surface area contributed by atoms with Gasteiger partial charge in [-0.05, 0) is 34.1 Å². The summed E-state index contributed by atoms with van der Waals surface area (Å²) < 4.78 is 38.2. The fourth-order valence-electron chi connectivity index (χ4n) is 1.46. The molecule has 1 aromatic carbocycles. The van der Waals surface area contributed by atoms with E-state index < -0.39 is 17.6 Å². The summed E-state index contributed by atoms with van der Waals surface area (Å²) in [6, 6.07) is 2.78. The third kappa shape index (κ3) is 3.92. The van der Waals surface area contributed by atoms with E-state index in [1.54, 1.807) is 0 Å². The molecule has 0 aliphatic rings. The Kier molecular flexibility index (Phi) is 4.48. The topological polar surface area (TPSA) is 54.9 Å². The van der Waals surface area contributed by atoms with Crippen LogP contribution in [0, 0.1) is 0 Å². The molecule has 2 rings (SSSR count). The van der Waals surface area contributed by atoms with E-state index in [2.05, 4.69) is 31.2 Å². The summed E-state index contributed by atoms with van der Waals surface area (Å²) in [4.78, 5) is 19.5. The smallest absolute Gasteiger partial charge is 0.305 e. The molecule has 1 aromatic heterocycles. The van der Waals surface area contributed by atoms with Crippen LogP contribution in [0.3, 0.4) is 0 Å². The van der Waals surface area contributed by atoms with Crippen LogP contribution < -0.4 is 5.32 Å². The second-order valence-electron chi connectivity index (χ2n) is 3.87. The zero-order chi connectivity index (χ0) is 15.6. The molecule has 1 amide bonds. The van der Waals surface area contributed by atoms with Crippen molar-refractivity contribution in [2.75, 3.05) is 5.32 Å². The summed E-state index contributed by atoms with van der Waals surface area (Å²) in [6.45, 7) is 0. The van der Waals surface area contributed by atoms with E-state index in [0.29, 0.717) is 0 Å². The van der Waals surface area contributed by atoms with Crippen LogP contribution in [0.5, 0.6) is 0 Å². The first-order valence-corrected chi connectivity index (χ1v) is 6.60. The second-order valence-corrected chi connectivity index (χ2v) is 5.12. The van der Waals surface area contributed by atoms with E-state index >= 15 is 0 Å². The number of hydrogen-bond acceptors (Lipinski definition) is 3. The monoisotopic (exact) mass is 379 g/mol. The molecule has 0 saturated heterocycles. The molecule has 2 aromatic rings. The highest BCUT2D eigenvalue weighted by Gasteiger charge is 2.31. The minimum absolute atomic E-state index is 0.0387. The molecule has 9 heteroatoms. The van der Waals surface area contributed by atoms with Gasteiger partial charge in [0, 0.05) is 4.47 Å². The number of anilines is 1. The molecule has 4 nitrogen and oxygen atoms in total. The number of rotatable bonds is 2. The Morgan fingerprint density at radius 1 is 1.29 bits per heavy atom. The van der Waals surface area contributed by atoms with Gasteiger partial charge in [-0.3, -0.25) is 9.78 Å². The molecule has 1 heterocycles. The van der Waals surface area contributed by atoms with Crippen molar-refractivity contribution >= 4 is 39.3 Å². The highest BCUT2D eigenvalue weighted by Crippen LogP contribution is 2.32. The van der Waals surface area contributed by atoms with Gasteiger partial charge in [0.2, 0.25) is 0 Å². The molecule has 0 atom stereocenters. The van der Waals surface area contributed by atoms with Gasteiger partial charge in [-0.1, -0.05) is 11.6 Å². The Labute approximate surface area is 130 Å². The van der Waals surface area contributed by atoms with Gasteiger partial charge in [0.25, 0.3) is 5.91 Å². The zero-order valence-electron chi connectivity index (χ0n) is 10.1. The fourth-order valence-corrected chi connectivity index (χ4v) is 2.04. The highest BCUT2D eigenvalue weighted by atomic mass is 79.9. The lowest BCUT2D eigenvalue weighted by atomic mass is 10.1. The Hall–Kier alpha value is -1.67. The number of carbonyl (C=O) groups excluding carboxylic acids is 1. The van der Waals surface area contributed by atoms with Crippen molar-refractivity contribution in [2.24, 2.45) is 0 Å². The Bertz CT molecular complexity index is 694. The van der Waals surface area contributed by atoms with Crippen molar-refractivity contribution in [1.82, 2.24) is 9.97 Å². The predicted octanol–water partition coefficient (Wildman–Crippen LogP) is 4.16. The first-order chi connectivity index (χ1) is 9.77. The number of carbonyl (C=O) groups is 1. The molecule has 110 valence electrons. The number of amides is 1. The van der Waals surface area contributed by atoms with E-state index in [4.69, 9.17) is 11.6 Å². The summed E-state index contributed by atoms with van der Waals surface area (Å²) in [5.74, 6) is -0.721. The maximum absolute atomic E-state index is 12.7. The van der Waals surface area contributed by atoms with Gasteiger partial charge < -0.3 is 5.32 Å². The standard InChI is InChI=1S/C12H6BrClF3N3O/c13-8-2-1-6(12(15,16)17)3-7(8)11(21)20-10-5-18-4-9(14)19-10/h1-5H,(H,19,20,21). The molecule has 0 bridgehead atoms. The molecule has 1 N–H and O–H groups in total. The maximum Gasteiger partial charge on any atom is 0.416 e. The van der Waals surface area contributed by atoms with Crippen LogP contribution in [0.25, 0.3) is 0 Å². The predicted molar refractivity (Wildman–Crippen MR) is 74.1 cm³/mol. The molecular weight excluding hydrogens is 375 g/mol. The maximum atomic E-state index is 12.7. The summed E-state index contributed by atoms with van der Waals surface area (Å²) in [5.41, 5.74) is -1.10. The number of nitrogens with zero attached hydrogens (tertiary/aromatic N) is 2. The Morgan fingerprint density at radius 3 is 2.62 bits per heavy atom. The summed E-state index contributed by atoms with van der Waals surface area (Å²) in [6.07, 6.45) is -2.05. The van der Waals surface area contributed by atoms with Gasteiger partial charge in [-0.2, -0.15) is 13.2 Å². The van der Waals surface area contributed by atoms with Crippen LogP contribution in [0.4, 0.5) is 19.0 Å². The van der Waals surface area contributed by atoms with E-state index in [-0.39, 0.29) is 21.0 Å². The molecule has 0 saturated carbocycles. The van der Waals surface area contributed by atoms with Crippen molar-refractivity contribution in [2.45, 2.75) is 6.18 Å². The third-order valence-electron chi connectivity index (χ3n) is 2.39. The molecule has 0 unspecified atom stereocenters. The lowest BCUT2D eigenvalue weighted by Gasteiger charge is -2.10. The molecule has 0 aliphatic carbocycles. The van der Waals surface area contributed by atoms with E-state index in [0.717, 1.165) is 18.2 Å². The van der Waals surface area contributed by atoms with Crippen molar-refractivity contribution in [3.63, 3.8) is 0 Å². The van der Waals surface area contributed by atoms with Crippen molar-refractivity contribution < 1.29 is 18.0 Å². The molecule has 0 radical (unpaired) electrons. The second kappa shape index (κ2) is 5.98. The lowest BCUT2D eigenvalue weighted by Crippen LogP contribution is -2.15. The number of aromatic nitrogens is 2. The van der Waals surface area contributed by atoms with Gasteiger partial charge in [-0.25, -0.2) is 4.98 Å². The molecule has 0 aliphatic heterocycles. The van der Waals surface area contributed by atoms with Crippen LogP contribution >= 0.6 is 27.5 Å². The first kappa shape index (κ1) is 15.7. The molecule has 0 spiro atoms. The summed E-state index contributed by atoms with van der Waals surface area (Å²) >= 11 is 8.64. The van der Waals surface area contributed by atoms with Crippen molar-refractivity contribution in [3.05, 3.63) is 51.3 Å². The SMILES string of the molecule is O=C(Nc1cncc(Cl)n1)c1cc(C(F)(F)F)ccc1Br. The quantitative estimate of drug-likeness (QED) is 0.851. The van der Waals surface area contributed by atoms with Gasteiger partial charge in [0.1, 0.15) is 5.15 Å². The normalized spacial score (nSPS) is 11.3. The van der Waals surface area contributed by atoms with Gasteiger partial charge >= 0.3 is 6.18 Å². The van der Waals surface area contributed by atoms with Gasteiger partial charge in [0.15, 0.2) is 5.82 Å². The van der Waals surface area contributed by atoms with E-state index in [1.807, 2.05) is 0 Å². The zero-order valence-corrected chi connectivity index (χ0v) is 12.4. The molecule has 0 fully saturated rings. The van der Waals surface area contributed by atoms with Crippen LogP contribution in [-0.2, 0) is 6.18 Å². The van der Waals surface area contributed by atoms with E-state index in [1.165, 1.54) is 12.4 Å². The summed E-state index contributed by atoms with van der Waals surface area (Å²) in [7, 11) is 0. The number of halogens is 5. The average Bonchev–Trinajstić information content (AvgIpc) is 2.37. The van der Waals surface area contributed by atoms with Gasteiger partial charge in [-0.15, -0.1) is 0 Å². The van der Waals surface area contributed by atoms with Crippen LogP contribution in [0.15, 0.2) is 35.1 Å². The largest absolute Gasteiger partial charge is 0.416 e.